The third-order valence-electron chi connectivity index (χ3n) is 5.61. The number of amides is 2. The molecule has 5 heteroatoms. The third-order valence-corrected chi connectivity index (χ3v) is 5.61. The monoisotopic (exact) mass is 440 g/mol. The number of para-hydroxylation sites is 1. The minimum absolute atomic E-state index is 0.0459. The molecule has 1 N–H and O–H groups in total. The normalized spacial score (nSPS) is 13.8. The fourth-order valence-corrected chi connectivity index (χ4v) is 3.85. The van der Waals surface area contributed by atoms with Crippen molar-refractivity contribution >= 4 is 28.8 Å². The smallest absolute Gasteiger partial charge is 0.282 e. The van der Waals surface area contributed by atoms with Gasteiger partial charge < -0.3 is 10.1 Å². The number of rotatable bonds is 7. The van der Waals surface area contributed by atoms with Crippen LogP contribution in [0.5, 0.6) is 5.75 Å². The molecule has 0 aliphatic carbocycles. The first-order chi connectivity index (χ1) is 15.9. The van der Waals surface area contributed by atoms with E-state index in [1.165, 1.54) is 4.90 Å². The molecule has 4 rings (SSSR count). The van der Waals surface area contributed by atoms with Gasteiger partial charge in [-0.1, -0.05) is 49.4 Å². The molecule has 1 aliphatic heterocycles. The number of hydrogen-bond acceptors (Lipinski definition) is 4. The van der Waals surface area contributed by atoms with Crippen molar-refractivity contribution in [3.8, 4) is 5.75 Å². The summed E-state index contributed by atoms with van der Waals surface area (Å²) in [6, 6.07) is 22.5. The topological polar surface area (TPSA) is 58.6 Å². The highest BCUT2D eigenvalue weighted by Crippen LogP contribution is 2.35. The van der Waals surface area contributed by atoms with Crippen molar-refractivity contribution in [3.63, 3.8) is 0 Å². The van der Waals surface area contributed by atoms with Crippen molar-refractivity contribution in [2.24, 2.45) is 0 Å². The van der Waals surface area contributed by atoms with E-state index >= 15 is 0 Å². The maximum absolute atomic E-state index is 13.6. The molecule has 0 atom stereocenters. The zero-order valence-electron chi connectivity index (χ0n) is 19.4. The summed E-state index contributed by atoms with van der Waals surface area (Å²) in [6.07, 6.45) is 0.931. The molecule has 0 radical (unpaired) electrons. The largest absolute Gasteiger partial charge is 0.491 e. The number of ether oxygens (including phenoxy) is 1. The third kappa shape index (κ3) is 4.53. The Morgan fingerprint density at radius 2 is 1.55 bits per heavy atom. The van der Waals surface area contributed by atoms with E-state index in [1.54, 1.807) is 0 Å². The molecule has 0 saturated carbocycles. The first-order valence-corrected chi connectivity index (χ1v) is 11.2. The van der Waals surface area contributed by atoms with Gasteiger partial charge in [-0.25, -0.2) is 4.90 Å². The van der Waals surface area contributed by atoms with Crippen LogP contribution in [0.15, 0.2) is 78.5 Å². The van der Waals surface area contributed by atoms with Crippen LogP contribution in [-0.2, 0) is 16.0 Å². The van der Waals surface area contributed by atoms with E-state index in [9.17, 15) is 9.59 Å². The molecule has 0 unspecified atom stereocenters. The van der Waals surface area contributed by atoms with Crippen LogP contribution in [0.25, 0.3) is 5.57 Å². The Kier molecular flexibility index (Phi) is 6.31. The van der Waals surface area contributed by atoms with E-state index in [0.717, 1.165) is 23.2 Å². The Hall–Kier alpha value is -3.86. The molecule has 3 aromatic carbocycles. The molecule has 0 spiro atoms. The van der Waals surface area contributed by atoms with Gasteiger partial charge in [0, 0.05) is 5.69 Å². The first-order valence-electron chi connectivity index (χ1n) is 11.2. The number of nitrogens with zero attached hydrogens (tertiary/aromatic N) is 1. The SMILES string of the molecule is CCc1ccc(N2C(=O)C(Nc3ccccc3C)=C(c3ccc(OC(C)C)cc3)C2=O)cc1. The van der Waals surface area contributed by atoms with Crippen LogP contribution in [-0.4, -0.2) is 17.9 Å². The summed E-state index contributed by atoms with van der Waals surface area (Å²) in [5.74, 6) is -0.00517. The van der Waals surface area contributed by atoms with Crippen LogP contribution >= 0.6 is 0 Å². The summed E-state index contributed by atoms with van der Waals surface area (Å²) < 4.78 is 5.74. The fourth-order valence-electron chi connectivity index (χ4n) is 3.85. The molecule has 0 bridgehead atoms. The van der Waals surface area contributed by atoms with Gasteiger partial charge in [-0.05, 0) is 74.2 Å². The lowest BCUT2D eigenvalue weighted by molar-refractivity contribution is -0.120. The second-order valence-electron chi connectivity index (χ2n) is 8.35. The number of hydrogen-bond donors (Lipinski definition) is 1. The molecule has 1 aliphatic rings. The standard InChI is InChI=1S/C28H28N2O3/c1-5-20-10-14-22(15-11-20)30-27(31)25(21-12-16-23(17-13-21)33-18(2)3)26(28(30)32)29-24-9-7-6-8-19(24)4/h6-18,29H,5H2,1-4H3. The van der Waals surface area contributed by atoms with Crippen LogP contribution in [0.1, 0.15) is 37.5 Å². The van der Waals surface area contributed by atoms with Gasteiger partial charge in [0.1, 0.15) is 11.4 Å². The summed E-state index contributed by atoms with van der Waals surface area (Å²) in [7, 11) is 0. The van der Waals surface area contributed by atoms with Crippen LogP contribution in [0, 0.1) is 6.92 Å². The second kappa shape index (κ2) is 9.33. The number of aryl methyl sites for hydroxylation is 2. The number of benzene rings is 3. The average Bonchev–Trinajstić information content (AvgIpc) is 3.05. The number of carbonyl (C=O) groups is 2. The van der Waals surface area contributed by atoms with E-state index in [-0.39, 0.29) is 23.6 Å². The van der Waals surface area contributed by atoms with E-state index in [1.807, 2.05) is 93.6 Å². The van der Waals surface area contributed by atoms with Gasteiger partial charge in [0.05, 0.1) is 17.4 Å². The van der Waals surface area contributed by atoms with Gasteiger partial charge in [-0.15, -0.1) is 0 Å². The van der Waals surface area contributed by atoms with Crippen LogP contribution in [0.2, 0.25) is 0 Å². The number of anilines is 2. The number of imide groups is 1. The number of nitrogens with one attached hydrogen (secondary N) is 1. The van der Waals surface area contributed by atoms with Crippen molar-refractivity contribution in [3.05, 3.63) is 95.2 Å². The van der Waals surface area contributed by atoms with E-state index in [0.29, 0.717) is 22.6 Å². The molecular weight excluding hydrogens is 412 g/mol. The van der Waals surface area contributed by atoms with Crippen molar-refractivity contribution < 1.29 is 14.3 Å². The lowest BCUT2D eigenvalue weighted by atomic mass is 10.0. The first kappa shape index (κ1) is 22.3. The van der Waals surface area contributed by atoms with E-state index in [2.05, 4.69) is 12.2 Å². The summed E-state index contributed by atoms with van der Waals surface area (Å²) >= 11 is 0. The zero-order valence-corrected chi connectivity index (χ0v) is 19.4. The summed E-state index contributed by atoms with van der Waals surface area (Å²) in [5, 5.41) is 3.24. The maximum atomic E-state index is 13.6. The number of carbonyl (C=O) groups excluding carboxylic acids is 2. The highest BCUT2D eigenvalue weighted by Gasteiger charge is 2.40. The van der Waals surface area contributed by atoms with E-state index < -0.39 is 0 Å². The maximum Gasteiger partial charge on any atom is 0.282 e. The Bertz CT molecular complexity index is 1210. The van der Waals surface area contributed by atoms with Gasteiger partial charge in [0.15, 0.2) is 0 Å². The van der Waals surface area contributed by atoms with Gasteiger partial charge >= 0.3 is 0 Å². The van der Waals surface area contributed by atoms with Crippen molar-refractivity contribution in [1.82, 2.24) is 0 Å². The molecule has 1 heterocycles. The summed E-state index contributed by atoms with van der Waals surface area (Å²) in [6.45, 7) is 7.95. The molecule has 0 fully saturated rings. The lowest BCUT2D eigenvalue weighted by Gasteiger charge is -2.16. The Morgan fingerprint density at radius 1 is 0.879 bits per heavy atom. The highest BCUT2D eigenvalue weighted by atomic mass is 16.5. The highest BCUT2D eigenvalue weighted by molar-refractivity contribution is 6.46. The predicted octanol–water partition coefficient (Wildman–Crippen LogP) is 5.74. The molecular formula is C28H28N2O3. The Labute approximate surface area is 194 Å². The molecule has 3 aromatic rings. The van der Waals surface area contributed by atoms with Crippen LogP contribution < -0.4 is 15.0 Å². The average molecular weight is 441 g/mol. The molecule has 168 valence electrons. The molecule has 2 amide bonds. The zero-order chi connectivity index (χ0) is 23.5. The molecule has 0 aromatic heterocycles. The minimum atomic E-state index is -0.370. The van der Waals surface area contributed by atoms with Gasteiger partial charge in [-0.2, -0.15) is 0 Å². The van der Waals surface area contributed by atoms with Crippen LogP contribution in [0.3, 0.4) is 0 Å². The second-order valence-corrected chi connectivity index (χ2v) is 8.35. The predicted molar refractivity (Wildman–Crippen MR) is 132 cm³/mol. The molecule has 33 heavy (non-hydrogen) atoms. The Balaban J connectivity index is 1.77. The van der Waals surface area contributed by atoms with Crippen molar-refractivity contribution in [2.45, 2.75) is 40.2 Å². The molecule has 5 nitrogen and oxygen atoms in total. The van der Waals surface area contributed by atoms with Crippen LogP contribution in [0.4, 0.5) is 11.4 Å². The van der Waals surface area contributed by atoms with Gasteiger partial charge in [-0.3, -0.25) is 9.59 Å². The lowest BCUT2D eigenvalue weighted by Crippen LogP contribution is -2.32. The van der Waals surface area contributed by atoms with E-state index in [4.69, 9.17) is 4.74 Å². The fraction of sp³-hybridized carbons (Fsp3) is 0.214. The summed E-state index contributed by atoms with van der Waals surface area (Å²) in [5.41, 5.74) is 4.75. The quantitative estimate of drug-likeness (QED) is 0.476. The molecule has 0 saturated heterocycles. The minimum Gasteiger partial charge on any atom is -0.491 e. The van der Waals surface area contributed by atoms with Crippen molar-refractivity contribution in [1.29, 1.82) is 0 Å². The van der Waals surface area contributed by atoms with Gasteiger partial charge in [0.25, 0.3) is 11.8 Å². The van der Waals surface area contributed by atoms with Crippen molar-refractivity contribution in [2.75, 3.05) is 10.2 Å². The van der Waals surface area contributed by atoms with Gasteiger partial charge in [0.2, 0.25) is 0 Å². The Morgan fingerprint density at radius 3 is 2.15 bits per heavy atom. The summed E-state index contributed by atoms with van der Waals surface area (Å²) in [4.78, 5) is 28.4.